The zero-order valence-corrected chi connectivity index (χ0v) is 18.8. The fourth-order valence-electron chi connectivity index (χ4n) is 4.74. The van der Waals surface area contributed by atoms with Crippen molar-refractivity contribution in [2.45, 2.75) is 51.1 Å². The first-order valence-electron chi connectivity index (χ1n) is 11.9. The highest BCUT2D eigenvalue weighted by molar-refractivity contribution is 5.80. The van der Waals surface area contributed by atoms with Gasteiger partial charge in [-0.3, -0.25) is 9.89 Å². The van der Waals surface area contributed by atoms with Gasteiger partial charge in [0.2, 0.25) is 0 Å². The predicted molar refractivity (Wildman–Crippen MR) is 128 cm³/mol. The molecule has 1 aromatic carbocycles. The minimum Gasteiger partial charge on any atom is -0.469 e. The fraction of sp³-hybridized carbons (Fsp3) is 0.560. The summed E-state index contributed by atoms with van der Waals surface area (Å²) in [4.78, 5) is 10.0. The molecule has 0 aliphatic carbocycles. The number of furan rings is 1. The van der Waals surface area contributed by atoms with E-state index in [2.05, 4.69) is 57.7 Å². The highest BCUT2D eigenvalue weighted by Crippen LogP contribution is 2.20. The Balaban J connectivity index is 1.31. The summed E-state index contributed by atoms with van der Waals surface area (Å²) in [5.74, 6) is 1.96. The van der Waals surface area contributed by atoms with Crippen molar-refractivity contribution in [3.63, 3.8) is 0 Å². The predicted octanol–water partition coefficient (Wildman–Crippen LogP) is 3.51. The second kappa shape index (κ2) is 11.2. The van der Waals surface area contributed by atoms with Crippen molar-refractivity contribution in [3.05, 3.63) is 54.5 Å². The molecule has 1 unspecified atom stereocenters. The largest absolute Gasteiger partial charge is 0.469 e. The molecule has 2 aliphatic heterocycles. The molecule has 0 radical (unpaired) electrons. The molecule has 6 heteroatoms. The summed E-state index contributed by atoms with van der Waals surface area (Å²) in [5.41, 5.74) is 1.33. The van der Waals surface area contributed by atoms with Gasteiger partial charge in [0, 0.05) is 43.8 Å². The van der Waals surface area contributed by atoms with Crippen LogP contribution in [0, 0.1) is 0 Å². The normalized spacial score (nSPS) is 20.9. The van der Waals surface area contributed by atoms with Gasteiger partial charge >= 0.3 is 0 Å². The first kappa shape index (κ1) is 21.8. The quantitative estimate of drug-likeness (QED) is 0.503. The second-order valence-corrected chi connectivity index (χ2v) is 8.61. The molecule has 2 aromatic rings. The van der Waals surface area contributed by atoms with Crippen molar-refractivity contribution < 1.29 is 4.42 Å². The number of rotatable bonds is 8. The lowest BCUT2D eigenvalue weighted by Gasteiger charge is -2.34. The second-order valence-electron chi connectivity index (χ2n) is 8.61. The van der Waals surface area contributed by atoms with Crippen molar-refractivity contribution in [2.75, 3.05) is 44.2 Å². The van der Waals surface area contributed by atoms with Crippen LogP contribution < -0.4 is 15.5 Å². The molecule has 2 fully saturated rings. The van der Waals surface area contributed by atoms with Gasteiger partial charge < -0.3 is 20.0 Å². The standard InChI is InChI=1S/C25H37N5O/c1-2-29-16-6-10-23(29)20-27-25(26-15-12-24-11-7-19-31-24)28-21-13-17-30(18-14-21)22-8-4-3-5-9-22/h3-5,7-9,11,19,21,23H,2,6,10,12-18,20H2,1H3,(H2,26,27,28). The van der Waals surface area contributed by atoms with E-state index in [9.17, 15) is 0 Å². The van der Waals surface area contributed by atoms with E-state index in [1.165, 1.54) is 25.1 Å². The van der Waals surface area contributed by atoms with Gasteiger partial charge in [0.05, 0.1) is 12.8 Å². The topological polar surface area (TPSA) is 56.0 Å². The molecule has 3 heterocycles. The van der Waals surface area contributed by atoms with Crippen LogP contribution in [-0.4, -0.2) is 62.2 Å². The SMILES string of the molecule is CCN1CCCC1CN=C(NCCc1ccco1)NC1CCN(c2ccccc2)CC1. The smallest absolute Gasteiger partial charge is 0.191 e. The van der Waals surface area contributed by atoms with Crippen LogP contribution in [0.4, 0.5) is 5.69 Å². The lowest BCUT2D eigenvalue weighted by atomic mass is 10.0. The number of para-hydroxylation sites is 1. The van der Waals surface area contributed by atoms with Gasteiger partial charge in [-0.15, -0.1) is 0 Å². The third-order valence-corrected chi connectivity index (χ3v) is 6.57. The van der Waals surface area contributed by atoms with Crippen molar-refractivity contribution >= 4 is 11.6 Å². The Hall–Kier alpha value is -2.47. The number of nitrogens with one attached hydrogen (secondary N) is 2. The van der Waals surface area contributed by atoms with Crippen molar-refractivity contribution in [2.24, 2.45) is 4.99 Å². The molecule has 2 N–H and O–H groups in total. The van der Waals surface area contributed by atoms with E-state index in [0.29, 0.717) is 12.1 Å². The summed E-state index contributed by atoms with van der Waals surface area (Å²) in [6.45, 7) is 8.43. The average molecular weight is 424 g/mol. The summed E-state index contributed by atoms with van der Waals surface area (Å²) >= 11 is 0. The van der Waals surface area contributed by atoms with E-state index in [4.69, 9.17) is 9.41 Å². The van der Waals surface area contributed by atoms with Gasteiger partial charge in [0.25, 0.3) is 0 Å². The lowest BCUT2D eigenvalue weighted by molar-refractivity contribution is 0.273. The van der Waals surface area contributed by atoms with Gasteiger partial charge in [-0.05, 0) is 63.0 Å². The third kappa shape index (κ3) is 6.26. The van der Waals surface area contributed by atoms with Crippen LogP contribution in [0.15, 0.2) is 58.1 Å². The molecule has 31 heavy (non-hydrogen) atoms. The molecule has 6 nitrogen and oxygen atoms in total. The van der Waals surface area contributed by atoms with E-state index in [1.807, 2.05) is 12.1 Å². The molecule has 0 bridgehead atoms. The van der Waals surface area contributed by atoms with Crippen molar-refractivity contribution in [1.82, 2.24) is 15.5 Å². The van der Waals surface area contributed by atoms with Gasteiger partial charge in [0.1, 0.15) is 5.76 Å². The number of benzene rings is 1. The molecule has 168 valence electrons. The van der Waals surface area contributed by atoms with Crippen LogP contribution in [0.25, 0.3) is 0 Å². The van der Waals surface area contributed by atoms with Crippen LogP contribution in [0.2, 0.25) is 0 Å². The minimum atomic E-state index is 0.459. The molecule has 1 aromatic heterocycles. The van der Waals surface area contributed by atoms with Crippen molar-refractivity contribution in [1.29, 1.82) is 0 Å². The molecule has 2 saturated heterocycles. The Morgan fingerprint density at radius 3 is 2.65 bits per heavy atom. The Bertz CT molecular complexity index is 784. The van der Waals surface area contributed by atoms with Crippen LogP contribution in [0.3, 0.4) is 0 Å². The monoisotopic (exact) mass is 423 g/mol. The molecular formula is C25H37N5O. The number of likely N-dealkylation sites (tertiary alicyclic amines) is 1. The van der Waals surface area contributed by atoms with E-state index >= 15 is 0 Å². The summed E-state index contributed by atoms with van der Waals surface area (Å²) < 4.78 is 5.48. The average Bonchev–Trinajstić information content (AvgIpc) is 3.50. The number of hydrogen-bond donors (Lipinski definition) is 2. The van der Waals surface area contributed by atoms with Crippen LogP contribution in [0.5, 0.6) is 0 Å². The number of likely N-dealkylation sites (N-methyl/N-ethyl adjacent to an activating group) is 1. The van der Waals surface area contributed by atoms with Crippen LogP contribution >= 0.6 is 0 Å². The Morgan fingerprint density at radius 2 is 1.90 bits per heavy atom. The van der Waals surface area contributed by atoms with Gasteiger partial charge in [-0.1, -0.05) is 25.1 Å². The molecule has 2 aliphatic rings. The Labute approximate surface area is 186 Å². The maximum absolute atomic E-state index is 5.48. The molecule has 0 amide bonds. The molecule has 0 spiro atoms. The fourth-order valence-corrected chi connectivity index (χ4v) is 4.74. The van der Waals surface area contributed by atoms with Crippen molar-refractivity contribution in [3.8, 4) is 0 Å². The summed E-state index contributed by atoms with van der Waals surface area (Å²) in [7, 11) is 0. The number of nitrogens with zero attached hydrogens (tertiary/aromatic N) is 3. The molecule has 1 atom stereocenters. The molecule has 0 saturated carbocycles. The molecule has 4 rings (SSSR count). The summed E-state index contributed by atoms with van der Waals surface area (Å²) in [6, 6.07) is 15.8. The Kier molecular flexibility index (Phi) is 7.88. The van der Waals surface area contributed by atoms with E-state index in [-0.39, 0.29) is 0 Å². The molecular weight excluding hydrogens is 386 g/mol. The van der Waals surface area contributed by atoms with Gasteiger partial charge in [0.15, 0.2) is 5.96 Å². The zero-order valence-electron chi connectivity index (χ0n) is 18.8. The van der Waals surface area contributed by atoms with Crippen LogP contribution in [-0.2, 0) is 6.42 Å². The third-order valence-electron chi connectivity index (χ3n) is 6.57. The maximum atomic E-state index is 5.48. The number of anilines is 1. The summed E-state index contributed by atoms with van der Waals surface area (Å²) in [5, 5.41) is 7.28. The van der Waals surface area contributed by atoms with E-state index in [0.717, 1.165) is 63.7 Å². The summed E-state index contributed by atoms with van der Waals surface area (Å²) in [6.07, 6.45) is 7.40. The first-order valence-corrected chi connectivity index (χ1v) is 11.9. The number of hydrogen-bond acceptors (Lipinski definition) is 4. The number of aliphatic imine (C=N–C) groups is 1. The number of piperidine rings is 1. The van der Waals surface area contributed by atoms with Gasteiger partial charge in [-0.2, -0.15) is 0 Å². The first-order chi connectivity index (χ1) is 15.3. The highest BCUT2D eigenvalue weighted by Gasteiger charge is 2.23. The zero-order chi connectivity index (χ0) is 21.3. The van der Waals surface area contributed by atoms with E-state index in [1.54, 1.807) is 6.26 Å². The van der Waals surface area contributed by atoms with Crippen LogP contribution in [0.1, 0.15) is 38.4 Å². The highest BCUT2D eigenvalue weighted by atomic mass is 16.3. The van der Waals surface area contributed by atoms with E-state index < -0.39 is 0 Å². The Morgan fingerprint density at radius 1 is 1.06 bits per heavy atom. The maximum Gasteiger partial charge on any atom is 0.191 e. The number of guanidine groups is 1. The van der Waals surface area contributed by atoms with Gasteiger partial charge in [-0.25, -0.2) is 0 Å². The lowest BCUT2D eigenvalue weighted by Crippen LogP contribution is -2.49. The minimum absolute atomic E-state index is 0.459.